The Morgan fingerprint density at radius 2 is 1.44 bits per heavy atom. The molecule has 0 aliphatic carbocycles. The van der Waals surface area contributed by atoms with Crippen molar-refractivity contribution in [2.24, 2.45) is 0 Å². The summed E-state index contributed by atoms with van der Waals surface area (Å²) in [6.07, 6.45) is 3.00. The minimum Gasteiger partial charge on any atom is -0.497 e. The molecule has 0 radical (unpaired) electrons. The van der Waals surface area contributed by atoms with Gasteiger partial charge in [-0.3, -0.25) is 4.57 Å². The van der Waals surface area contributed by atoms with Crippen LogP contribution in [0.4, 0.5) is 0 Å². The van der Waals surface area contributed by atoms with Gasteiger partial charge < -0.3 is 14.6 Å². The Kier molecular flexibility index (Phi) is 5.67. The summed E-state index contributed by atoms with van der Waals surface area (Å²) in [5.74, 6) is 1.36. The lowest BCUT2D eigenvalue weighted by atomic mass is 9.98. The van der Waals surface area contributed by atoms with E-state index in [1.807, 2.05) is 54.7 Å². The minimum absolute atomic E-state index is 0.0434. The third-order valence-electron chi connectivity index (χ3n) is 5.30. The molecule has 3 aromatic carbocycles. The summed E-state index contributed by atoms with van der Waals surface area (Å²) < 4.78 is 36.2. The van der Waals surface area contributed by atoms with Gasteiger partial charge in [-0.2, -0.15) is 0 Å². The van der Waals surface area contributed by atoms with E-state index in [1.165, 1.54) is 6.26 Å². The molecule has 6 nitrogen and oxygen atoms in total. The predicted molar refractivity (Wildman–Crippen MR) is 125 cm³/mol. The van der Waals surface area contributed by atoms with E-state index in [1.54, 1.807) is 43.1 Å². The SMILES string of the molecule is COc1ccc(-c2c(-c3ccc(S(C)(=O)=O)cc3)cn(-c3ccccc3OC)c2O)cc1. The van der Waals surface area contributed by atoms with Gasteiger partial charge in [-0.25, -0.2) is 8.42 Å². The molecule has 1 aromatic heterocycles. The normalized spacial score (nSPS) is 11.3. The highest BCUT2D eigenvalue weighted by atomic mass is 32.2. The molecule has 7 heteroatoms. The summed E-state index contributed by atoms with van der Waals surface area (Å²) in [4.78, 5) is 0.237. The molecule has 1 heterocycles. The van der Waals surface area contributed by atoms with E-state index >= 15 is 0 Å². The van der Waals surface area contributed by atoms with Crippen LogP contribution >= 0.6 is 0 Å². The molecule has 32 heavy (non-hydrogen) atoms. The summed E-state index contributed by atoms with van der Waals surface area (Å²) in [5, 5.41) is 11.3. The van der Waals surface area contributed by atoms with Crippen LogP contribution < -0.4 is 9.47 Å². The predicted octanol–water partition coefficient (Wildman–Crippen LogP) is 4.94. The molecule has 0 aliphatic rings. The van der Waals surface area contributed by atoms with Gasteiger partial charge in [0.1, 0.15) is 11.5 Å². The number of rotatable bonds is 6. The van der Waals surface area contributed by atoms with Crippen LogP contribution in [-0.2, 0) is 9.84 Å². The molecule has 0 amide bonds. The molecule has 0 bridgehead atoms. The molecule has 4 rings (SSSR count). The van der Waals surface area contributed by atoms with Crippen molar-refractivity contribution < 1.29 is 23.0 Å². The molecule has 0 saturated heterocycles. The second-order valence-corrected chi connectivity index (χ2v) is 9.32. The Morgan fingerprint density at radius 1 is 0.812 bits per heavy atom. The first kappa shape index (κ1) is 21.5. The van der Waals surface area contributed by atoms with Crippen molar-refractivity contribution in [3.8, 4) is 45.3 Å². The monoisotopic (exact) mass is 449 g/mol. The maximum absolute atomic E-state index is 11.9. The molecule has 0 atom stereocenters. The zero-order valence-electron chi connectivity index (χ0n) is 17.9. The van der Waals surface area contributed by atoms with E-state index in [2.05, 4.69) is 0 Å². The average Bonchev–Trinajstić information content (AvgIpc) is 3.15. The number of aromatic hydroxyl groups is 1. The maximum Gasteiger partial charge on any atom is 0.204 e. The highest BCUT2D eigenvalue weighted by Crippen LogP contribution is 2.43. The Morgan fingerprint density at radius 3 is 2.03 bits per heavy atom. The van der Waals surface area contributed by atoms with Crippen LogP contribution in [0.25, 0.3) is 27.9 Å². The number of hydrogen-bond donors (Lipinski definition) is 1. The molecule has 0 aliphatic heterocycles. The lowest BCUT2D eigenvalue weighted by Crippen LogP contribution is -1.96. The number of nitrogens with zero attached hydrogens (tertiary/aromatic N) is 1. The first-order valence-corrected chi connectivity index (χ1v) is 11.7. The molecule has 4 aromatic rings. The Balaban J connectivity index is 1.95. The fourth-order valence-electron chi connectivity index (χ4n) is 3.65. The van der Waals surface area contributed by atoms with Crippen molar-refractivity contribution in [3.63, 3.8) is 0 Å². The summed E-state index contributed by atoms with van der Waals surface area (Å²) >= 11 is 0. The van der Waals surface area contributed by atoms with Gasteiger partial charge in [0.05, 0.1) is 30.4 Å². The number of aromatic nitrogens is 1. The molecular weight excluding hydrogens is 426 g/mol. The summed E-state index contributed by atoms with van der Waals surface area (Å²) in [7, 11) is -0.137. The van der Waals surface area contributed by atoms with E-state index in [4.69, 9.17) is 9.47 Å². The van der Waals surface area contributed by atoms with Crippen LogP contribution in [0.1, 0.15) is 0 Å². The number of ether oxygens (including phenoxy) is 2. The van der Waals surface area contributed by atoms with E-state index in [0.29, 0.717) is 22.7 Å². The average molecular weight is 450 g/mol. The zero-order valence-corrected chi connectivity index (χ0v) is 18.8. The molecule has 0 saturated carbocycles. The number of benzene rings is 3. The van der Waals surface area contributed by atoms with Gasteiger partial charge in [0.25, 0.3) is 0 Å². The van der Waals surface area contributed by atoms with Crippen LogP contribution in [0.15, 0.2) is 83.9 Å². The number of sulfone groups is 1. The second-order valence-electron chi connectivity index (χ2n) is 7.31. The van der Waals surface area contributed by atoms with Gasteiger partial charge in [-0.1, -0.05) is 36.4 Å². The van der Waals surface area contributed by atoms with Crippen molar-refractivity contribution in [3.05, 3.63) is 79.0 Å². The third-order valence-corrected chi connectivity index (χ3v) is 6.42. The molecule has 1 N–H and O–H groups in total. The van der Waals surface area contributed by atoms with Crippen LogP contribution in [-0.4, -0.2) is 38.6 Å². The summed E-state index contributed by atoms with van der Waals surface area (Å²) in [6.45, 7) is 0. The molecule has 0 unspecified atom stereocenters. The van der Waals surface area contributed by atoms with Gasteiger partial charge >= 0.3 is 0 Å². The topological polar surface area (TPSA) is 77.8 Å². The van der Waals surface area contributed by atoms with E-state index in [-0.39, 0.29) is 10.8 Å². The van der Waals surface area contributed by atoms with Gasteiger partial charge in [-0.05, 0) is 47.5 Å². The Bertz CT molecular complexity index is 1350. The smallest absolute Gasteiger partial charge is 0.204 e. The fraction of sp³-hybridized carbons (Fsp3) is 0.120. The van der Waals surface area contributed by atoms with Crippen molar-refractivity contribution in [2.45, 2.75) is 4.90 Å². The maximum atomic E-state index is 11.9. The van der Waals surface area contributed by atoms with E-state index < -0.39 is 9.84 Å². The number of para-hydroxylation sites is 2. The van der Waals surface area contributed by atoms with Gasteiger partial charge in [0, 0.05) is 18.0 Å². The first-order valence-electron chi connectivity index (χ1n) is 9.86. The van der Waals surface area contributed by atoms with Crippen LogP contribution in [0.5, 0.6) is 17.4 Å². The highest BCUT2D eigenvalue weighted by Gasteiger charge is 2.21. The highest BCUT2D eigenvalue weighted by molar-refractivity contribution is 7.90. The second kappa shape index (κ2) is 8.43. The number of hydrogen-bond acceptors (Lipinski definition) is 5. The van der Waals surface area contributed by atoms with Crippen molar-refractivity contribution >= 4 is 9.84 Å². The van der Waals surface area contributed by atoms with Gasteiger partial charge in [0.2, 0.25) is 5.88 Å². The van der Waals surface area contributed by atoms with Crippen LogP contribution in [0.3, 0.4) is 0 Å². The molecular formula is C25H23NO5S. The molecule has 164 valence electrons. The lowest BCUT2D eigenvalue weighted by molar-refractivity contribution is 0.406. The van der Waals surface area contributed by atoms with E-state index in [0.717, 1.165) is 16.7 Å². The molecule has 0 spiro atoms. The zero-order chi connectivity index (χ0) is 22.9. The van der Waals surface area contributed by atoms with Crippen molar-refractivity contribution in [1.29, 1.82) is 0 Å². The van der Waals surface area contributed by atoms with Crippen molar-refractivity contribution in [2.75, 3.05) is 20.5 Å². The standard InChI is InChI=1S/C25H23NO5S/c1-30-19-12-8-18(9-13-19)24-21(17-10-14-20(15-11-17)32(3,28)29)16-26(25(24)27)22-6-4-5-7-23(22)31-2/h4-16,27H,1-3H3. The van der Waals surface area contributed by atoms with Crippen LogP contribution in [0.2, 0.25) is 0 Å². The van der Waals surface area contributed by atoms with Gasteiger partial charge in [-0.15, -0.1) is 0 Å². The van der Waals surface area contributed by atoms with Gasteiger partial charge in [0.15, 0.2) is 9.84 Å². The lowest BCUT2D eigenvalue weighted by Gasteiger charge is -2.11. The quantitative estimate of drug-likeness (QED) is 0.451. The molecule has 0 fully saturated rings. The number of methoxy groups -OCH3 is 2. The minimum atomic E-state index is -3.31. The third kappa shape index (κ3) is 3.94. The fourth-order valence-corrected chi connectivity index (χ4v) is 4.28. The Labute approximate surface area is 187 Å². The van der Waals surface area contributed by atoms with Crippen LogP contribution in [0, 0.1) is 0 Å². The van der Waals surface area contributed by atoms with E-state index in [9.17, 15) is 13.5 Å². The van der Waals surface area contributed by atoms with Crippen molar-refractivity contribution in [1.82, 2.24) is 4.57 Å². The summed E-state index contributed by atoms with van der Waals surface area (Å²) in [5.41, 5.74) is 3.61. The Hall–Kier alpha value is -3.71. The first-order chi connectivity index (χ1) is 15.3. The summed E-state index contributed by atoms with van der Waals surface area (Å²) in [6, 6.07) is 21.4. The largest absolute Gasteiger partial charge is 0.497 e.